The molecule has 4 nitrogen and oxygen atoms in total. The molecular formula is C11H7ClN2O2. The summed E-state index contributed by atoms with van der Waals surface area (Å²) in [5, 5.41) is 11.0. The fraction of sp³-hybridized carbons (Fsp3) is 0. The molecule has 0 aliphatic carbocycles. The van der Waals surface area contributed by atoms with Gasteiger partial charge in [-0.05, 0) is 5.56 Å². The minimum atomic E-state index is -0.462. The lowest BCUT2D eigenvalue weighted by molar-refractivity contribution is -0.384. The average Bonchev–Trinajstić information content (AvgIpc) is 2.30. The van der Waals surface area contributed by atoms with Crippen LogP contribution in [0, 0.1) is 10.1 Å². The molecule has 5 heteroatoms. The summed E-state index contributed by atoms with van der Waals surface area (Å²) in [6.07, 6.45) is 1.41. The number of rotatable bonds is 2. The van der Waals surface area contributed by atoms with E-state index in [1.54, 1.807) is 12.1 Å². The quantitative estimate of drug-likeness (QED) is 0.455. The van der Waals surface area contributed by atoms with Crippen molar-refractivity contribution in [3.8, 4) is 11.1 Å². The van der Waals surface area contributed by atoms with E-state index in [-0.39, 0.29) is 10.8 Å². The molecule has 0 unspecified atom stereocenters. The van der Waals surface area contributed by atoms with Gasteiger partial charge in [-0.25, -0.2) is 4.98 Å². The Labute approximate surface area is 96.7 Å². The first kappa shape index (κ1) is 10.6. The van der Waals surface area contributed by atoms with Gasteiger partial charge in [-0.1, -0.05) is 41.9 Å². The van der Waals surface area contributed by atoms with Gasteiger partial charge in [-0.2, -0.15) is 0 Å². The maximum absolute atomic E-state index is 10.9. The summed E-state index contributed by atoms with van der Waals surface area (Å²) in [7, 11) is 0. The van der Waals surface area contributed by atoms with Crippen molar-refractivity contribution < 1.29 is 4.92 Å². The molecule has 1 heterocycles. The first-order valence-electron chi connectivity index (χ1n) is 4.54. The van der Waals surface area contributed by atoms with Gasteiger partial charge in [-0.3, -0.25) is 10.1 Å². The largest absolute Gasteiger partial charge is 0.281 e. The molecule has 0 saturated heterocycles. The third-order valence-electron chi connectivity index (χ3n) is 2.13. The predicted molar refractivity (Wildman–Crippen MR) is 61.3 cm³/mol. The van der Waals surface area contributed by atoms with Gasteiger partial charge in [-0.15, -0.1) is 0 Å². The van der Waals surface area contributed by atoms with Gasteiger partial charge in [0.25, 0.3) is 5.69 Å². The Kier molecular flexibility index (Phi) is 2.83. The van der Waals surface area contributed by atoms with Crippen molar-refractivity contribution in [2.75, 3.05) is 0 Å². The van der Waals surface area contributed by atoms with Gasteiger partial charge < -0.3 is 0 Å². The van der Waals surface area contributed by atoms with Crippen LogP contribution in [0.4, 0.5) is 5.69 Å². The fourth-order valence-corrected chi connectivity index (χ4v) is 1.56. The number of nitrogens with zero attached hydrogens (tertiary/aromatic N) is 2. The van der Waals surface area contributed by atoms with Crippen LogP contribution >= 0.6 is 11.6 Å². The number of aromatic nitrogens is 1. The molecule has 0 fully saturated rings. The highest BCUT2D eigenvalue weighted by Crippen LogP contribution is 2.30. The van der Waals surface area contributed by atoms with Gasteiger partial charge in [0.05, 0.1) is 16.6 Å². The lowest BCUT2D eigenvalue weighted by atomic mass is 10.1. The summed E-state index contributed by atoms with van der Waals surface area (Å²) in [4.78, 5) is 14.3. The molecule has 0 aliphatic heterocycles. The third-order valence-corrected chi connectivity index (χ3v) is 2.34. The summed E-state index contributed by atoms with van der Waals surface area (Å²) in [5.74, 6) is 0. The van der Waals surface area contributed by atoms with E-state index >= 15 is 0 Å². The zero-order valence-electron chi connectivity index (χ0n) is 8.13. The standard InChI is InChI=1S/C11H7ClN2O2/c12-11-6-10(14(15)16)9(7-13-11)8-4-2-1-3-5-8/h1-7H. The van der Waals surface area contributed by atoms with E-state index in [2.05, 4.69) is 4.98 Å². The molecule has 0 aliphatic rings. The summed E-state index contributed by atoms with van der Waals surface area (Å²) in [5.41, 5.74) is 1.18. The van der Waals surface area contributed by atoms with Gasteiger partial charge >= 0.3 is 0 Å². The van der Waals surface area contributed by atoms with E-state index < -0.39 is 4.92 Å². The van der Waals surface area contributed by atoms with Crippen molar-refractivity contribution >= 4 is 17.3 Å². The Hall–Kier alpha value is -1.94. The van der Waals surface area contributed by atoms with E-state index in [0.29, 0.717) is 5.56 Å². The first-order chi connectivity index (χ1) is 7.68. The molecule has 1 aromatic carbocycles. The minimum Gasteiger partial charge on any atom is -0.258 e. The molecule has 0 atom stereocenters. The molecule has 0 radical (unpaired) electrons. The lowest BCUT2D eigenvalue weighted by Gasteiger charge is -2.02. The van der Waals surface area contributed by atoms with Crippen molar-refractivity contribution in [2.45, 2.75) is 0 Å². The normalized spacial score (nSPS) is 10.1. The molecule has 80 valence electrons. The van der Waals surface area contributed by atoms with E-state index in [1.807, 2.05) is 18.2 Å². The van der Waals surface area contributed by atoms with Crippen LogP contribution in [0.15, 0.2) is 42.6 Å². The molecule has 0 spiro atoms. The number of nitro groups is 1. The Balaban J connectivity index is 2.61. The number of pyridine rings is 1. The molecule has 0 saturated carbocycles. The van der Waals surface area contributed by atoms with Crippen molar-refractivity contribution in [3.63, 3.8) is 0 Å². The monoisotopic (exact) mass is 234 g/mol. The Bertz CT molecular complexity index is 529. The number of benzene rings is 1. The molecule has 0 bridgehead atoms. The van der Waals surface area contributed by atoms with Crippen LogP contribution in [0.2, 0.25) is 5.15 Å². The van der Waals surface area contributed by atoms with E-state index in [4.69, 9.17) is 11.6 Å². The highest BCUT2D eigenvalue weighted by molar-refractivity contribution is 6.29. The zero-order chi connectivity index (χ0) is 11.5. The Morgan fingerprint density at radius 1 is 1.25 bits per heavy atom. The van der Waals surface area contributed by atoms with E-state index in [0.717, 1.165) is 5.56 Å². The highest BCUT2D eigenvalue weighted by atomic mass is 35.5. The van der Waals surface area contributed by atoms with Crippen LogP contribution in [0.5, 0.6) is 0 Å². The first-order valence-corrected chi connectivity index (χ1v) is 4.91. The molecule has 1 aromatic heterocycles. The van der Waals surface area contributed by atoms with Gasteiger partial charge in [0.15, 0.2) is 0 Å². The van der Waals surface area contributed by atoms with Crippen molar-refractivity contribution in [3.05, 3.63) is 57.9 Å². The van der Waals surface area contributed by atoms with E-state index in [1.165, 1.54) is 12.3 Å². The summed E-state index contributed by atoms with van der Waals surface area (Å²) >= 11 is 5.63. The van der Waals surface area contributed by atoms with Gasteiger partial charge in [0.1, 0.15) is 5.15 Å². The minimum absolute atomic E-state index is 0.0359. The number of halogens is 1. The van der Waals surface area contributed by atoms with Crippen LogP contribution in [-0.4, -0.2) is 9.91 Å². The second-order valence-corrected chi connectivity index (χ2v) is 3.53. The van der Waals surface area contributed by atoms with Gasteiger partial charge in [0.2, 0.25) is 0 Å². The lowest BCUT2D eigenvalue weighted by Crippen LogP contribution is -1.93. The van der Waals surface area contributed by atoms with Crippen LogP contribution in [0.1, 0.15) is 0 Å². The molecule has 16 heavy (non-hydrogen) atoms. The van der Waals surface area contributed by atoms with Crippen LogP contribution in [-0.2, 0) is 0 Å². The van der Waals surface area contributed by atoms with Crippen molar-refractivity contribution in [1.29, 1.82) is 0 Å². The maximum atomic E-state index is 10.9. The van der Waals surface area contributed by atoms with Crippen LogP contribution < -0.4 is 0 Å². The fourth-order valence-electron chi connectivity index (χ4n) is 1.41. The molecule has 2 aromatic rings. The zero-order valence-corrected chi connectivity index (χ0v) is 8.89. The third kappa shape index (κ3) is 2.01. The topological polar surface area (TPSA) is 56.0 Å². The molecule has 0 amide bonds. The molecular weight excluding hydrogens is 228 g/mol. The van der Waals surface area contributed by atoms with Gasteiger partial charge in [0, 0.05) is 6.20 Å². The summed E-state index contributed by atoms with van der Waals surface area (Å²) in [6, 6.07) is 10.3. The molecule has 2 rings (SSSR count). The number of hydrogen-bond acceptors (Lipinski definition) is 3. The van der Waals surface area contributed by atoms with Crippen LogP contribution in [0.3, 0.4) is 0 Å². The number of hydrogen-bond donors (Lipinski definition) is 0. The second kappa shape index (κ2) is 4.28. The Morgan fingerprint density at radius 2 is 1.94 bits per heavy atom. The van der Waals surface area contributed by atoms with Crippen molar-refractivity contribution in [1.82, 2.24) is 4.98 Å². The summed E-state index contributed by atoms with van der Waals surface area (Å²) < 4.78 is 0. The predicted octanol–water partition coefficient (Wildman–Crippen LogP) is 3.31. The van der Waals surface area contributed by atoms with Crippen molar-refractivity contribution in [2.24, 2.45) is 0 Å². The summed E-state index contributed by atoms with van der Waals surface area (Å²) in [6.45, 7) is 0. The van der Waals surface area contributed by atoms with E-state index in [9.17, 15) is 10.1 Å². The second-order valence-electron chi connectivity index (χ2n) is 3.15. The SMILES string of the molecule is O=[N+]([O-])c1cc(Cl)ncc1-c1ccccc1. The Morgan fingerprint density at radius 3 is 2.56 bits per heavy atom. The molecule has 0 N–H and O–H groups in total. The van der Waals surface area contributed by atoms with Crippen LogP contribution in [0.25, 0.3) is 11.1 Å². The highest BCUT2D eigenvalue weighted by Gasteiger charge is 2.16. The average molecular weight is 235 g/mol. The maximum Gasteiger partial charge on any atom is 0.281 e. The smallest absolute Gasteiger partial charge is 0.258 e.